The van der Waals surface area contributed by atoms with Gasteiger partial charge in [-0.1, -0.05) is 6.07 Å². The Hall–Kier alpha value is -1.86. The number of nitrogens with one attached hydrogen (secondary N) is 3. The average Bonchev–Trinajstić information content (AvgIpc) is 2.86. The largest absolute Gasteiger partial charge is 0.379 e. The lowest BCUT2D eigenvalue weighted by molar-refractivity contribution is 0.976. The van der Waals surface area contributed by atoms with E-state index < -0.39 is 0 Å². The van der Waals surface area contributed by atoms with Crippen LogP contribution in [0.1, 0.15) is 4.88 Å². The molecule has 3 N–H and O–H groups in total. The number of fused-ring (bicyclic) bond motifs is 1. The molecule has 2 aromatic heterocycles. The minimum Gasteiger partial charge on any atom is -0.379 e. The summed E-state index contributed by atoms with van der Waals surface area (Å²) in [7, 11) is 0. The highest BCUT2D eigenvalue weighted by Gasteiger charge is 2.08. The Bertz CT molecular complexity index is 881. The van der Waals surface area contributed by atoms with Gasteiger partial charge >= 0.3 is 0 Å². The van der Waals surface area contributed by atoms with Crippen LogP contribution in [0.3, 0.4) is 0 Å². The van der Waals surface area contributed by atoms with Gasteiger partial charge in [-0.3, -0.25) is 19.8 Å². The molecule has 3 rings (SSSR count). The monoisotopic (exact) mass is 351 g/mol. The normalized spacial score (nSPS) is 10.8. The molecule has 0 aliphatic rings. The fourth-order valence-electron chi connectivity index (χ4n) is 2.01. The van der Waals surface area contributed by atoms with Gasteiger partial charge in [0.1, 0.15) is 0 Å². The maximum Gasteiger partial charge on any atom is 0.272 e. The van der Waals surface area contributed by atoms with E-state index in [4.69, 9.17) is 0 Å². The topological polar surface area (TPSA) is 77.8 Å². The summed E-state index contributed by atoms with van der Waals surface area (Å²) in [6.45, 7) is 0.599. The zero-order chi connectivity index (χ0) is 14.1. The van der Waals surface area contributed by atoms with E-state index in [-0.39, 0.29) is 11.1 Å². The number of anilines is 1. The number of benzene rings is 1. The second kappa shape index (κ2) is 5.26. The summed E-state index contributed by atoms with van der Waals surface area (Å²) >= 11 is 5.03. The first-order chi connectivity index (χ1) is 9.65. The van der Waals surface area contributed by atoms with Crippen molar-refractivity contribution < 1.29 is 0 Å². The van der Waals surface area contributed by atoms with Crippen molar-refractivity contribution in [3.63, 3.8) is 0 Å². The van der Waals surface area contributed by atoms with E-state index in [0.29, 0.717) is 23.0 Å². The summed E-state index contributed by atoms with van der Waals surface area (Å²) in [6.07, 6.45) is 0. The zero-order valence-electron chi connectivity index (χ0n) is 10.2. The van der Waals surface area contributed by atoms with E-state index in [1.165, 1.54) is 0 Å². The maximum atomic E-state index is 11.9. The Labute approximate surface area is 125 Å². The molecule has 0 saturated heterocycles. The van der Waals surface area contributed by atoms with Gasteiger partial charge in [-0.15, -0.1) is 11.3 Å². The molecule has 0 bridgehead atoms. The van der Waals surface area contributed by atoms with Crippen LogP contribution < -0.4 is 16.4 Å². The molecule has 3 aromatic rings. The van der Waals surface area contributed by atoms with Gasteiger partial charge in [-0.25, -0.2) is 0 Å². The molecule has 102 valence electrons. The van der Waals surface area contributed by atoms with Crippen LogP contribution in [0.5, 0.6) is 0 Å². The average molecular weight is 352 g/mol. The van der Waals surface area contributed by atoms with Gasteiger partial charge in [0.05, 0.1) is 14.6 Å². The van der Waals surface area contributed by atoms with Crippen LogP contribution in [-0.4, -0.2) is 10.2 Å². The second-order valence-corrected chi connectivity index (χ2v) is 6.74. The number of hydrogen-bond donors (Lipinski definition) is 3. The summed E-state index contributed by atoms with van der Waals surface area (Å²) < 4.78 is 1.06. The summed E-state index contributed by atoms with van der Waals surface area (Å²) in [5.74, 6) is 0. The number of hydrogen-bond acceptors (Lipinski definition) is 4. The second-order valence-electron chi connectivity index (χ2n) is 4.20. The molecule has 7 heteroatoms. The molecule has 0 radical (unpaired) electrons. The lowest BCUT2D eigenvalue weighted by Gasteiger charge is -2.07. The molecule has 0 unspecified atom stereocenters. The van der Waals surface area contributed by atoms with Crippen LogP contribution in [0.15, 0.2) is 43.7 Å². The number of rotatable bonds is 3. The molecule has 0 atom stereocenters. The van der Waals surface area contributed by atoms with Crippen molar-refractivity contribution >= 4 is 43.7 Å². The molecule has 0 saturated carbocycles. The Morgan fingerprint density at radius 1 is 1.10 bits per heavy atom. The van der Waals surface area contributed by atoms with Crippen molar-refractivity contribution in [1.29, 1.82) is 0 Å². The molecule has 20 heavy (non-hydrogen) atoms. The van der Waals surface area contributed by atoms with Crippen LogP contribution >= 0.6 is 27.3 Å². The van der Waals surface area contributed by atoms with Gasteiger partial charge in [0, 0.05) is 17.1 Å². The number of halogens is 1. The molecule has 0 aliphatic heterocycles. The first-order valence-corrected chi connectivity index (χ1v) is 7.48. The van der Waals surface area contributed by atoms with Crippen molar-refractivity contribution in [3.05, 3.63) is 59.7 Å². The number of aromatic amines is 2. The van der Waals surface area contributed by atoms with Crippen LogP contribution in [0, 0.1) is 0 Å². The molecule has 0 fully saturated rings. The summed E-state index contributed by atoms with van der Waals surface area (Å²) in [6, 6.07) is 9.16. The summed E-state index contributed by atoms with van der Waals surface area (Å²) in [5, 5.41) is 8.63. The molecule has 1 aromatic carbocycles. The van der Waals surface area contributed by atoms with Crippen molar-refractivity contribution in [3.8, 4) is 0 Å². The van der Waals surface area contributed by atoms with Crippen molar-refractivity contribution in [2.24, 2.45) is 0 Å². The number of H-pyrrole nitrogens is 2. The van der Waals surface area contributed by atoms with Crippen LogP contribution in [0.2, 0.25) is 0 Å². The Balaban J connectivity index is 2.01. The molecule has 5 nitrogen and oxygen atoms in total. The van der Waals surface area contributed by atoms with Gasteiger partial charge in [-0.2, -0.15) is 0 Å². The highest BCUT2D eigenvalue weighted by atomic mass is 79.9. The van der Waals surface area contributed by atoms with Gasteiger partial charge in [0.15, 0.2) is 0 Å². The minimum absolute atomic E-state index is 0.304. The number of aromatic nitrogens is 2. The van der Waals surface area contributed by atoms with Crippen molar-refractivity contribution in [2.75, 3.05) is 5.32 Å². The Morgan fingerprint density at radius 2 is 1.90 bits per heavy atom. The third kappa shape index (κ3) is 2.41. The van der Waals surface area contributed by atoms with Crippen LogP contribution in [0.4, 0.5) is 5.69 Å². The summed E-state index contributed by atoms with van der Waals surface area (Å²) in [5.41, 5.74) is 0.0385. The predicted octanol–water partition coefficient (Wildman–Crippen LogP) is 2.65. The Kier molecular flexibility index (Phi) is 3.45. The fraction of sp³-hybridized carbons (Fsp3) is 0.0769. The molecular formula is C13H10BrN3O2S. The predicted molar refractivity (Wildman–Crippen MR) is 84.5 cm³/mol. The summed E-state index contributed by atoms with van der Waals surface area (Å²) in [4.78, 5) is 24.7. The van der Waals surface area contributed by atoms with Crippen molar-refractivity contribution in [1.82, 2.24) is 10.2 Å². The van der Waals surface area contributed by atoms with Crippen LogP contribution in [0.25, 0.3) is 10.8 Å². The first-order valence-electron chi connectivity index (χ1n) is 5.87. The van der Waals surface area contributed by atoms with E-state index in [0.717, 1.165) is 8.66 Å². The minimum atomic E-state index is -0.310. The zero-order valence-corrected chi connectivity index (χ0v) is 12.6. The smallest absolute Gasteiger partial charge is 0.272 e. The highest BCUT2D eigenvalue weighted by molar-refractivity contribution is 9.11. The molecule has 0 amide bonds. The highest BCUT2D eigenvalue weighted by Crippen LogP contribution is 2.24. The van der Waals surface area contributed by atoms with E-state index in [1.807, 2.05) is 12.1 Å². The SMILES string of the molecule is O=c1[nH][nH]c(=O)c2c(NCc3ccc(Br)s3)cccc12. The van der Waals surface area contributed by atoms with E-state index >= 15 is 0 Å². The maximum absolute atomic E-state index is 11.9. The number of thiophene rings is 1. The standard InChI is InChI=1S/C13H10BrN3O2S/c14-10-5-4-7(20-10)6-15-9-3-1-2-8-11(9)13(19)17-16-12(8)18/h1-5,15H,6H2,(H,16,18)(H,17,19). The lowest BCUT2D eigenvalue weighted by Crippen LogP contribution is -2.20. The van der Waals surface area contributed by atoms with Gasteiger partial charge in [0.2, 0.25) is 0 Å². The first kappa shape index (κ1) is 13.1. The van der Waals surface area contributed by atoms with Crippen LogP contribution in [-0.2, 0) is 6.54 Å². The van der Waals surface area contributed by atoms with E-state index in [1.54, 1.807) is 29.5 Å². The van der Waals surface area contributed by atoms with Gasteiger partial charge in [-0.05, 0) is 40.2 Å². The third-order valence-corrected chi connectivity index (χ3v) is 4.53. The molecule has 0 aliphatic carbocycles. The molecule has 2 heterocycles. The Morgan fingerprint density at radius 3 is 2.65 bits per heavy atom. The quantitative estimate of drug-likeness (QED) is 0.678. The van der Waals surface area contributed by atoms with E-state index in [2.05, 4.69) is 31.4 Å². The van der Waals surface area contributed by atoms with Gasteiger partial charge < -0.3 is 5.32 Å². The fourth-order valence-corrected chi connectivity index (χ4v) is 3.43. The van der Waals surface area contributed by atoms with Gasteiger partial charge in [0.25, 0.3) is 11.1 Å². The molecule has 0 spiro atoms. The third-order valence-electron chi connectivity index (χ3n) is 2.91. The van der Waals surface area contributed by atoms with Crippen molar-refractivity contribution in [2.45, 2.75) is 6.54 Å². The molecular weight excluding hydrogens is 342 g/mol. The lowest BCUT2D eigenvalue weighted by atomic mass is 10.1. The van der Waals surface area contributed by atoms with E-state index in [9.17, 15) is 9.59 Å².